The Morgan fingerprint density at radius 3 is 2.76 bits per heavy atom. The number of aromatic nitrogens is 1. The molecule has 1 aromatic heterocycles. The van der Waals surface area contributed by atoms with Crippen molar-refractivity contribution in [2.75, 3.05) is 6.54 Å². The summed E-state index contributed by atoms with van der Waals surface area (Å²) >= 11 is 0. The van der Waals surface area contributed by atoms with Gasteiger partial charge < -0.3 is 5.11 Å². The molecule has 0 bridgehead atoms. The second-order valence-electron chi connectivity index (χ2n) is 5.55. The first-order chi connectivity index (χ1) is 10.1. The van der Waals surface area contributed by atoms with Crippen LogP contribution in [0, 0.1) is 0 Å². The highest BCUT2D eigenvalue weighted by atomic mass is 16.4. The zero-order valence-corrected chi connectivity index (χ0v) is 12.6. The summed E-state index contributed by atoms with van der Waals surface area (Å²) in [6.45, 7) is 5.86. The molecule has 0 amide bonds. The summed E-state index contributed by atoms with van der Waals surface area (Å²) in [6, 6.07) is 10.6. The molecule has 0 fully saturated rings. The molecule has 2 aromatic rings. The highest BCUT2D eigenvalue weighted by Gasteiger charge is 2.12. The van der Waals surface area contributed by atoms with Gasteiger partial charge in [0.25, 0.3) is 0 Å². The van der Waals surface area contributed by atoms with Crippen molar-refractivity contribution in [3.05, 3.63) is 42.1 Å². The summed E-state index contributed by atoms with van der Waals surface area (Å²) < 4.78 is 0. The molecule has 0 aliphatic carbocycles. The fourth-order valence-electron chi connectivity index (χ4n) is 2.47. The molecule has 4 nitrogen and oxygen atoms in total. The first-order valence-electron chi connectivity index (χ1n) is 7.36. The second kappa shape index (κ2) is 7.18. The Kier molecular flexibility index (Phi) is 5.28. The molecule has 1 N–H and O–H groups in total. The molecule has 0 spiro atoms. The number of carboxylic acid groups (broad SMARTS) is 1. The average Bonchev–Trinajstić information content (AvgIpc) is 2.46. The maximum Gasteiger partial charge on any atom is 0.303 e. The zero-order chi connectivity index (χ0) is 15.2. The van der Waals surface area contributed by atoms with Gasteiger partial charge in [0, 0.05) is 30.6 Å². The van der Waals surface area contributed by atoms with Crippen LogP contribution < -0.4 is 0 Å². The topological polar surface area (TPSA) is 53.4 Å². The normalized spacial score (nSPS) is 11.4. The van der Waals surface area contributed by atoms with Crippen molar-refractivity contribution >= 4 is 16.9 Å². The Hall–Kier alpha value is -1.94. The molecule has 0 unspecified atom stereocenters. The minimum absolute atomic E-state index is 0.219. The van der Waals surface area contributed by atoms with Gasteiger partial charge in [0.05, 0.1) is 5.52 Å². The van der Waals surface area contributed by atoms with Crippen LogP contribution in [0.4, 0.5) is 0 Å². The van der Waals surface area contributed by atoms with E-state index in [0.717, 1.165) is 24.0 Å². The number of carbonyl (C=O) groups is 1. The van der Waals surface area contributed by atoms with E-state index in [4.69, 9.17) is 5.11 Å². The van der Waals surface area contributed by atoms with Crippen LogP contribution in [-0.4, -0.2) is 33.5 Å². The van der Waals surface area contributed by atoms with Gasteiger partial charge in [-0.1, -0.05) is 24.3 Å². The second-order valence-corrected chi connectivity index (χ2v) is 5.55. The summed E-state index contributed by atoms with van der Waals surface area (Å²) in [5.74, 6) is -0.731. The predicted molar refractivity (Wildman–Crippen MR) is 84.2 cm³/mol. The lowest BCUT2D eigenvalue weighted by Gasteiger charge is -2.26. The standard InChI is InChI=1S/C17H22N2O2/c1-13(2)19(11-5-9-16(20)21)12-15-7-3-6-14-8-4-10-18-17(14)15/h3-4,6-8,10,13H,5,9,11-12H2,1-2H3,(H,20,21). The van der Waals surface area contributed by atoms with Gasteiger partial charge >= 0.3 is 5.97 Å². The van der Waals surface area contributed by atoms with Gasteiger partial charge in [-0.05, 0) is 38.4 Å². The third kappa shape index (κ3) is 4.26. The van der Waals surface area contributed by atoms with Gasteiger partial charge in [-0.3, -0.25) is 14.7 Å². The van der Waals surface area contributed by atoms with Crippen molar-refractivity contribution in [1.29, 1.82) is 0 Å². The van der Waals surface area contributed by atoms with Crippen LogP contribution in [-0.2, 0) is 11.3 Å². The average molecular weight is 286 g/mol. The first kappa shape index (κ1) is 15.4. The lowest BCUT2D eigenvalue weighted by molar-refractivity contribution is -0.137. The number of hydrogen-bond donors (Lipinski definition) is 1. The van der Waals surface area contributed by atoms with Crippen molar-refractivity contribution in [1.82, 2.24) is 9.88 Å². The Morgan fingerprint density at radius 2 is 2.05 bits per heavy atom. The summed E-state index contributed by atoms with van der Waals surface area (Å²) in [4.78, 5) is 17.4. The lowest BCUT2D eigenvalue weighted by Crippen LogP contribution is -2.31. The van der Waals surface area contributed by atoms with E-state index < -0.39 is 5.97 Å². The number of nitrogens with zero attached hydrogens (tertiary/aromatic N) is 2. The SMILES string of the molecule is CC(C)N(CCCC(=O)O)Cc1cccc2cccnc12. The maximum absolute atomic E-state index is 10.7. The van der Waals surface area contributed by atoms with Crippen LogP contribution >= 0.6 is 0 Å². The molecule has 0 aliphatic heterocycles. The smallest absolute Gasteiger partial charge is 0.303 e. The molecule has 0 saturated heterocycles. The minimum atomic E-state index is -0.731. The van der Waals surface area contributed by atoms with E-state index in [0.29, 0.717) is 12.5 Å². The van der Waals surface area contributed by atoms with Crippen LogP contribution in [0.25, 0.3) is 10.9 Å². The van der Waals surface area contributed by atoms with Gasteiger partial charge in [0.2, 0.25) is 0 Å². The number of rotatable bonds is 7. The summed E-state index contributed by atoms with van der Waals surface area (Å²) in [5.41, 5.74) is 2.22. The molecule has 0 radical (unpaired) electrons. The third-order valence-electron chi connectivity index (χ3n) is 3.66. The van der Waals surface area contributed by atoms with Crippen molar-refractivity contribution < 1.29 is 9.90 Å². The fourth-order valence-corrected chi connectivity index (χ4v) is 2.47. The van der Waals surface area contributed by atoms with Crippen LogP contribution in [0.1, 0.15) is 32.3 Å². The van der Waals surface area contributed by atoms with Crippen LogP contribution in [0.15, 0.2) is 36.5 Å². The van der Waals surface area contributed by atoms with Crippen LogP contribution in [0.3, 0.4) is 0 Å². The van der Waals surface area contributed by atoms with Crippen molar-refractivity contribution in [3.8, 4) is 0 Å². The predicted octanol–water partition coefficient (Wildman–Crippen LogP) is 3.31. The number of aliphatic carboxylic acids is 1. The number of fused-ring (bicyclic) bond motifs is 1. The number of para-hydroxylation sites is 1. The van der Waals surface area contributed by atoms with Crippen molar-refractivity contribution in [3.63, 3.8) is 0 Å². The fraction of sp³-hybridized carbons (Fsp3) is 0.412. The molecular formula is C17H22N2O2. The van der Waals surface area contributed by atoms with Gasteiger partial charge in [-0.25, -0.2) is 0 Å². The number of benzene rings is 1. The Balaban J connectivity index is 2.13. The molecule has 0 saturated carbocycles. The summed E-state index contributed by atoms with van der Waals surface area (Å²) in [5, 5.41) is 9.91. The van der Waals surface area contributed by atoms with E-state index in [9.17, 15) is 4.79 Å². The number of carboxylic acids is 1. The number of pyridine rings is 1. The molecular weight excluding hydrogens is 264 g/mol. The van der Waals surface area contributed by atoms with E-state index in [1.165, 1.54) is 5.56 Å². The van der Waals surface area contributed by atoms with E-state index in [2.05, 4.69) is 48.0 Å². The molecule has 112 valence electrons. The molecule has 2 rings (SSSR count). The molecule has 21 heavy (non-hydrogen) atoms. The quantitative estimate of drug-likeness (QED) is 0.848. The van der Waals surface area contributed by atoms with Crippen molar-refractivity contribution in [2.45, 2.75) is 39.3 Å². The van der Waals surface area contributed by atoms with E-state index in [1.807, 2.05) is 12.3 Å². The Labute approximate surface area is 125 Å². The Morgan fingerprint density at radius 1 is 1.29 bits per heavy atom. The van der Waals surface area contributed by atoms with Gasteiger partial charge in [0.15, 0.2) is 0 Å². The maximum atomic E-state index is 10.7. The van der Waals surface area contributed by atoms with E-state index in [-0.39, 0.29) is 6.42 Å². The summed E-state index contributed by atoms with van der Waals surface area (Å²) in [7, 11) is 0. The zero-order valence-electron chi connectivity index (χ0n) is 12.6. The lowest BCUT2D eigenvalue weighted by atomic mass is 10.1. The van der Waals surface area contributed by atoms with Crippen molar-refractivity contribution in [2.24, 2.45) is 0 Å². The highest BCUT2D eigenvalue weighted by Crippen LogP contribution is 2.19. The first-order valence-corrected chi connectivity index (χ1v) is 7.36. The van der Waals surface area contributed by atoms with Crippen LogP contribution in [0.5, 0.6) is 0 Å². The van der Waals surface area contributed by atoms with E-state index in [1.54, 1.807) is 0 Å². The third-order valence-corrected chi connectivity index (χ3v) is 3.66. The molecule has 1 aromatic carbocycles. The monoisotopic (exact) mass is 286 g/mol. The number of hydrogen-bond acceptors (Lipinski definition) is 3. The van der Waals surface area contributed by atoms with Gasteiger partial charge in [-0.15, -0.1) is 0 Å². The largest absolute Gasteiger partial charge is 0.481 e. The summed E-state index contributed by atoms with van der Waals surface area (Å²) in [6.07, 6.45) is 2.71. The molecule has 4 heteroatoms. The van der Waals surface area contributed by atoms with Crippen LogP contribution in [0.2, 0.25) is 0 Å². The van der Waals surface area contributed by atoms with Gasteiger partial charge in [-0.2, -0.15) is 0 Å². The Bertz CT molecular complexity index is 605. The molecule has 1 heterocycles. The molecule has 0 atom stereocenters. The van der Waals surface area contributed by atoms with Gasteiger partial charge in [0.1, 0.15) is 0 Å². The van der Waals surface area contributed by atoms with E-state index >= 15 is 0 Å². The minimum Gasteiger partial charge on any atom is -0.481 e. The highest BCUT2D eigenvalue weighted by molar-refractivity contribution is 5.81. The molecule has 0 aliphatic rings.